The number of hydrogen-bond donors (Lipinski definition) is 2. The van der Waals surface area contributed by atoms with Gasteiger partial charge >= 0.3 is 5.97 Å². The van der Waals surface area contributed by atoms with Gasteiger partial charge in [0.1, 0.15) is 5.69 Å². The van der Waals surface area contributed by atoms with E-state index >= 15 is 0 Å². The third-order valence-corrected chi connectivity index (χ3v) is 1.26. The van der Waals surface area contributed by atoms with E-state index in [0.29, 0.717) is 0 Å². The van der Waals surface area contributed by atoms with E-state index in [9.17, 15) is 9.59 Å². The van der Waals surface area contributed by atoms with Crippen molar-refractivity contribution in [1.82, 2.24) is 10.5 Å². The number of amides is 1. The molecular formula is C8H8N2O4. The van der Waals surface area contributed by atoms with E-state index in [4.69, 9.17) is 5.11 Å². The van der Waals surface area contributed by atoms with Crippen LogP contribution in [0.2, 0.25) is 0 Å². The van der Waals surface area contributed by atoms with Crippen LogP contribution in [0.3, 0.4) is 0 Å². The number of pyridine rings is 1. The maximum Gasteiger partial charge on any atom is 0.332 e. The molecule has 0 saturated heterocycles. The number of hydrogen-bond acceptors (Lipinski definition) is 4. The zero-order valence-electron chi connectivity index (χ0n) is 7.14. The zero-order valence-corrected chi connectivity index (χ0v) is 7.14. The van der Waals surface area contributed by atoms with Crippen molar-refractivity contribution >= 4 is 11.9 Å². The van der Waals surface area contributed by atoms with Gasteiger partial charge in [0, 0.05) is 6.20 Å². The molecule has 0 aliphatic heterocycles. The standard InChI is InChI=1S/C8H8N2O4/c11-7(12)5-14-10-8(13)6-3-1-2-4-9-6/h1-4H,5H2,(H,10,13)(H,11,12). The number of aromatic nitrogens is 1. The summed E-state index contributed by atoms with van der Waals surface area (Å²) in [5.41, 5.74) is 2.11. The first kappa shape index (κ1) is 10.1. The lowest BCUT2D eigenvalue weighted by Crippen LogP contribution is -2.27. The Morgan fingerprint density at radius 2 is 2.29 bits per heavy atom. The van der Waals surface area contributed by atoms with Gasteiger partial charge in [-0.2, -0.15) is 0 Å². The molecule has 1 aromatic rings. The Balaban J connectivity index is 2.40. The molecule has 0 bridgehead atoms. The Morgan fingerprint density at radius 3 is 2.86 bits per heavy atom. The summed E-state index contributed by atoms with van der Waals surface area (Å²) in [6.07, 6.45) is 1.45. The van der Waals surface area contributed by atoms with Crippen molar-refractivity contribution in [3.05, 3.63) is 30.1 Å². The van der Waals surface area contributed by atoms with Crippen molar-refractivity contribution in [3.63, 3.8) is 0 Å². The van der Waals surface area contributed by atoms with Gasteiger partial charge in [-0.15, -0.1) is 0 Å². The van der Waals surface area contributed by atoms with Crippen LogP contribution in [0.25, 0.3) is 0 Å². The molecule has 1 amide bonds. The van der Waals surface area contributed by atoms with Crippen LogP contribution in [0.4, 0.5) is 0 Å². The molecule has 1 heterocycles. The van der Waals surface area contributed by atoms with E-state index in [1.54, 1.807) is 12.1 Å². The fraction of sp³-hybridized carbons (Fsp3) is 0.125. The monoisotopic (exact) mass is 196 g/mol. The van der Waals surface area contributed by atoms with Gasteiger partial charge in [-0.05, 0) is 12.1 Å². The summed E-state index contributed by atoms with van der Waals surface area (Å²) in [5.74, 6) is -1.74. The molecule has 0 atom stereocenters. The molecule has 0 unspecified atom stereocenters. The molecule has 0 spiro atoms. The number of carbonyl (C=O) groups excluding carboxylic acids is 1. The molecule has 14 heavy (non-hydrogen) atoms. The van der Waals surface area contributed by atoms with Gasteiger partial charge in [-0.25, -0.2) is 10.3 Å². The lowest BCUT2D eigenvalue weighted by Gasteiger charge is -2.01. The molecule has 0 fully saturated rings. The quantitative estimate of drug-likeness (QED) is 0.652. The smallest absolute Gasteiger partial charge is 0.332 e. The van der Waals surface area contributed by atoms with Gasteiger partial charge in [0.2, 0.25) is 0 Å². The van der Waals surface area contributed by atoms with Crippen molar-refractivity contribution in [2.75, 3.05) is 6.61 Å². The van der Waals surface area contributed by atoms with E-state index in [-0.39, 0.29) is 5.69 Å². The molecule has 6 heteroatoms. The molecule has 6 nitrogen and oxygen atoms in total. The van der Waals surface area contributed by atoms with Gasteiger partial charge in [0.05, 0.1) is 0 Å². The van der Waals surface area contributed by atoms with Gasteiger partial charge < -0.3 is 5.11 Å². The van der Waals surface area contributed by atoms with Crippen molar-refractivity contribution < 1.29 is 19.5 Å². The van der Waals surface area contributed by atoms with Crippen molar-refractivity contribution in [2.24, 2.45) is 0 Å². The summed E-state index contributed by atoms with van der Waals surface area (Å²) in [6, 6.07) is 4.79. The number of nitrogens with one attached hydrogen (secondary N) is 1. The van der Waals surface area contributed by atoms with Crippen molar-refractivity contribution in [2.45, 2.75) is 0 Å². The first-order valence-electron chi connectivity index (χ1n) is 3.75. The molecule has 0 saturated carbocycles. The predicted octanol–water partition coefficient (Wildman–Crippen LogP) is -0.172. The second-order valence-electron chi connectivity index (χ2n) is 2.33. The van der Waals surface area contributed by atoms with Crippen molar-refractivity contribution in [3.8, 4) is 0 Å². The highest BCUT2D eigenvalue weighted by Gasteiger charge is 2.06. The molecule has 0 aliphatic carbocycles. The van der Waals surface area contributed by atoms with E-state index in [1.165, 1.54) is 12.3 Å². The molecule has 0 aromatic carbocycles. The van der Waals surface area contributed by atoms with Gasteiger partial charge in [-0.3, -0.25) is 14.6 Å². The average Bonchev–Trinajstić information content (AvgIpc) is 2.18. The van der Waals surface area contributed by atoms with E-state index < -0.39 is 18.5 Å². The van der Waals surface area contributed by atoms with Crippen LogP contribution in [-0.4, -0.2) is 28.6 Å². The maximum atomic E-state index is 11.1. The second kappa shape index (κ2) is 4.93. The largest absolute Gasteiger partial charge is 0.479 e. The van der Waals surface area contributed by atoms with Gasteiger partial charge in [-0.1, -0.05) is 6.07 Å². The van der Waals surface area contributed by atoms with Crippen LogP contribution in [-0.2, 0) is 9.63 Å². The van der Waals surface area contributed by atoms with Crippen LogP contribution in [0, 0.1) is 0 Å². The second-order valence-corrected chi connectivity index (χ2v) is 2.33. The Hall–Kier alpha value is -1.95. The summed E-state index contributed by atoms with van der Waals surface area (Å²) in [7, 11) is 0. The third kappa shape index (κ3) is 3.20. The molecule has 2 N–H and O–H groups in total. The molecular weight excluding hydrogens is 188 g/mol. The number of carbonyl (C=O) groups is 2. The minimum Gasteiger partial charge on any atom is -0.479 e. The molecule has 1 aromatic heterocycles. The number of hydroxylamine groups is 1. The lowest BCUT2D eigenvalue weighted by molar-refractivity contribution is -0.144. The summed E-state index contributed by atoms with van der Waals surface area (Å²) in [4.78, 5) is 29.3. The fourth-order valence-electron chi connectivity index (χ4n) is 0.713. The molecule has 1 rings (SSSR count). The topological polar surface area (TPSA) is 88.5 Å². The lowest BCUT2D eigenvalue weighted by atomic mass is 10.3. The van der Waals surface area contributed by atoms with Gasteiger partial charge in [0.25, 0.3) is 5.91 Å². The Bertz CT molecular complexity index is 325. The maximum absolute atomic E-state index is 11.1. The highest BCUT2D eigenvalue weighted by molar-refractivity contribution is 5.91. The van der Waals surface area contributed by atoms with Crippen LogP contribution >= 0.6 is 0 Å². The Kier molecular flexibility index (Phi) is 3.57. The normalized spacial score (nSPS) is 9.43. The minimum absolute atomic E-state index is 0.165. The number of rotatable bonds is 4. The van der Waals surface area contributed by atoms with E-state index in [0.717, 1.165) is 0 Å². The average molecular weight is 196 g/mol. The first-order chi connectivity index (χ1) is 6.70. The third-order valence-electron chi connectivity index (χ3n) is 1.26. The molecule has 0 aliphatic rings. The Labute approximate surface area is 79.5 Å². The number of aliphatic carboxylic acids is 1. The number of nitrogens with zero attached hydrogens (tertiary/aromatic N) is 1. The highest BCUT2D eigenvalue weighted by Crippen LogP contribution is 1.92. The number of carboxylic acids is 1. The minimum atomic E-state index is -1.16. The summed E-state index contributed by atoms with van der Waals surface area (Å²) in [6.45, 7) is -0.585. The fourth-order valence-corrected chi connectivity index (χ4v) is 0.713. The predicted molar refractivity (Wildman–Crippen MR) is 45.3 cm³/mol. The molecule has 74 valence electrons. The summed E-state index contributed by atoms with van der Waals surface area (Å²) in [5, 5.41) is 8.21. The number of carboxylic acid groups (broad SMARTS) is 1. The van der Waals surface area contributed by atoms with Crippen LogP contribution in [0.5, 0.6) is 0 Å². The summed E-state index contributed by atoms with van der Waals surface area (Å²) < 4.78 is 0. The van der Waals surface area contributed by atoms with Gasteiger partial charge in [0.15, 0.2) is 6.61 Å². The van der Waals surface area contributed by atoms with Crippen LogP contribution < -0.4 is 5.48 Å². The zero-order chi connectivity index (χ0) is 10.4. The Morgan fingerprint density at radius 1 is 1.50 bits per heavy atom. The highest BCUT2D eigenvalue weighted by atomic mass is 16.7. The van der Waals surface area contributed by atoms with Crippen LogP contribution in [0.15, 0.2) is 24.4 Å². The van der Waals surface area contributed by atoms with Crippen LogP contribution in [0.1, 0.15) is 10.5 Å². The summed E-state index contributed by atoms with van der Waals surface area (Å²) >= 11 is 0. The first-order valence-corrected chi connectivity index (χ1v) is 3.75. The van der Waals surface area contributed by atoms with E-state index in [2.05, 4.69) is 9.82 Å². The molecule has 0 radical (unpaired) electrons. The van der Waals surface area contributed by atoms with E-state index in [1.807, 2.05) is 5.48 Å². The SMILES string of the molecule is O=C(O)CONC(=O)c1ccccn1. The van der Waals surface area contributed by atoms with Crippen molar-refractivity contribution in [1.29, 1.82) is 0 Å².